The van der Waals surface area contributed by atoms with Crippen molar-refractivity contribution < 1.29 is 0 Å². The third-order valence-corrected chi connectivity index (χ3v) is 12.0. The van der Waals surface area contributed by atoms with Crippen molar-refractivity contribution in [3.63, 3.8) is 0 Å². The topological polar surface area (TPSA) is 3.24 Å². The number of para-hydroxylation sites is 1. The second-order valence-electron chi connectivity index (χ2n) is 20.9. The summed E-state index contributed by atoms with van der Waals surface area (Å²) in [6.45, 7) is 32.6. The number of hydrogen-bond acceptors (Lipinski definition) is 1. The third kappa shape index (κ3) is 7.38. The van der Waals surface area contributed by atoms with E-state index >= 15 is 0 Å². The molecule has 0 aliphatic heterocycles. The maximum atomic E-state index is 2.48. The van der Waals surface area contributed by atoms with Crippen LogP contribution in [0.5, 0.6) is 0 Å². The molecule has 56 heavy (non-hydrogen) atoms. The van der Waals surface area contributed by atoms with E-state index in [2.05, 4.69) is 229 Å². The molecule has 0 fully saturated rings. The summed E-state index contributed by atoms with van der Waals surface area (Å²) in [5.41, 5.74) is 19.4. The first-order chi connectivity index (χ1) is 26.0. The van der Waals surface area contributed by atoms with Crippen molar-refractivity contribution in [2.24, 2.45) is 0 Å². The fourth-order valence-electron chi connectivity index (χ4n) is 8.42. The van der Waals surface area contributed by atoms with Gasteiger partial charge in [-0.3, -0.25) is 0 Å². The predicted octanol–water partition coefficient (Wildman–Crippen LogP) is 16.0. The van der Waals surface area contributed by atoms with Crippen LogP contribution in [0.4, 0.5) is 17.1 Å². The molecule has 0 heterocycles. The number of nitrogens with zero attached hydrogens (tertiary/aromatic N) is 1. The summed E-state index contributed by atoms with van der Waals surface area (Å²) in [4.78, 5) is 2.48. The third-order valence-electron chi connectivity index (χ3n) is 12.0. The monoisotopic (exact) mass is 737 g/mol. The molecule has 288 valence electrons. The van der Waals surface area contributed by atoms with Crippen molar-refractivity contribution in [2.45, 2.75) is 124 Å². The second-order valence-corrected chi connectivity index (χ2v) is 20.9. The van der Waals surface area contributed by atoms with Gasteiger partial charge in [-0.15, -0.1) is 0 Å². The number of benzene rings is 6. The van der Waals surface area contributed by atoms with Gasteiger partial charge in [0, 0.05) is 22.5 Å². The van der Waals surface area contributed by atoms with Crippen LogP contribution >= 0.6 is 0 Å². The summed E-state index contributed by atoms with van der Waals surface area (Å²) in [7, 11) is 0. The molecule has 1 nitrogen and oxygen atoms in total. The van der Waals surface area contributed by atoms with Gasteiger partial charge < -0.3 is 4.90 Å². The lowest BCUT2D eigenvalue weighted by Crippen LogP contribution is -2.20. The van der Waals surface area contributed by atoms with Crippen molar-refractivity contribution >= 4 is 17.1 Å². The lowest BCUT2D eigenvalue weighted by atomic mass is 9.78. The molecule has 6 aromatic rings. The lowest BCUT2D eigenvalue weighted by molar-refractivity contribution is 0.569. The summed E-state index contributed by atoms with van der Waals surface area (Å²) in [6.07, 6.45) is 0. The minimum Gasteiger partial charge on any atom is -0.310 e. The van der Waals surface area contributed by atoms with E-state index in [1.54, 1.807) is 0 Å². The summed E-state index contributed by atoms with van der Waals surface area (Å²) in [5, 5.41) is 0. The summed E-state index contributed by atoms with van der Waals surface area (Å²) in [5.74, 6) is 0. The van der Waals surface area contributed by atoms with Gasteiger partial charge in [0.2, 0.25) is 0 Å². The highest BCUT2D eigenvalue weighted by Crippen LogP contribution is 2.51. The number of anilines is 3. The summed E-state index contributed by atoms with van der Waals surface area (Å²) >= 11 is 0. The Hall–Kier alpha value is -4.88. The minimum atomic E-state index is -0.0865. The Kier molecular flexibility index (Phi) is 9.59. The van der Waals surface area contributed by atoms with E-state index < -0.39 is 0 Å². The quantitative estimate of drug-likeness (QED) is 0.170. The summed E-state index contributed by atoms with van der Waals surface area (Å²) in [6, 6.07) is 48.8. The number of fused-ring (bicyclic) bond motifs is 3. The molecular weight excluding hydrogens is 675 g/mol. The lowest BCUT2D eigenvalue weighted by Gasteiger charge is -2.33. The van der Waals surface area contributed by atoms with Crippen LogP contribution in [0.25, 0.3) is 33.4 Å². The van der Waals surface area contributed by atoms with Crippen LogP contribution in [0.15, 0.2) is 127 Å². The zero-order valence-electron chi connectivity index (χ0n) is 36.6. The van der Waals surface area contributed by atoms with Gasteiger partial charge in [0.25, 0.3) is 0 Å². The minimum absolute atomic E-state index is 0.00628. The van der Waals surface area contributed by atoms with Crippen molar-refractivity contribution in [1.82, 2.24) is 0 Å². The van der Waals surface area contributed by atoms with Crippen LogP contribution in [0.3, 0.4) is 0 Å². The molecule has 6 aromatic carbocycles. The van der Waals surface area contributed by atoms with Crippen LogP contribution in [-0.2, 0) is 27.1 Å². The molecule has 0 unspecified atom stereocenters. The maximum absolute atomic E-state index is 2.48. The molecule has 0 amide bonds. The molecule has 1 aliphatic rings. The highest BCUT2D eigenvalue weighted by Gasteiger charge is 2.36. The Morgan fingerprint density at radius 1 is 0.375 bits per heavy atom. The molecule has 7 rings (SSSR count). The fourth-order valence-corrected chi connectivity index (χ4v) is 8.42. The van der Waals surface area contributed by atoms with Gasteiger partial charge in [-0.2, -0.15) is 0 Å². The van der Waals surface area contributed by atoms with Crippen LogP contribution in [0, 0.1) is 0 Å². The van der Waals surface area contributed by atoms with E-state index in [-0.39, 0.29) is 27.1 Å². The van der Waals surface area contributed by atoms with Gasteiger partial charge in [0.15, 0.2) is 0 Å². The van der Waals surface area contributed by atoms with Crippen LogP contribution in [-0.4, -0.2) is 0 Å². The molecule has 1 heteroatoms. The molecule has 0 radical (unpaired) electrons. The Morgan fingerprint density at radius 3 is 1.41 bits per heavy atom. The zero-order valence-corrected chi connectivity index (χ0v) is 36.6. The molecular formula is C55H63N. The van der Waals surface area contributed by atoms with E-state index in [1.807, 2.05) is 0 Å². The van der Waals surface area contributed by atoms with Gasteiger partial charge >= 0.3 is 0 Å². The Labute approximate surface area is 338 Å². The van der Waals surface area contributed by atoms with Crippen molar-refractivity contribution in [1.29, 1.82) is 0 Å². The van der Waals surface area contributed by atoms with Gasteiger partial charge in [0.1, 0.15) is 0 Å². The second kappa shape index (κ2) is 13.7. The normalized spacial score (nSPS) is 14.0. The van der Waals surface area contributed by atoms with E-state index in [0.717, 1.165) is 5.69 Å². The molecule has 0 bridgehead atoms. The van der Waals surface area contributed by atoms with E-state index in [1.165, 1.54) is 78.1 Å². The van der Waals surface area contributed by atoms with Crippen molar-refractivity contribution in [3.05, 3.63) is 161 Å². The molecule has 0 aromatic heterocycles. The fraction of sp³-hybridized carbons (Fsp3) is 0.345. The van der Waals surface area contributed by atoms with Gasteiger partial charge in [-0.25, -0.2) is 0 Å². The predicted molar refractivity (Wildman–Crippen MR) is 244 cm³/mol. The van der Waals surface area contributed by atoms with E-state index in [4.69, 9.17) is 0 Å². The molecule has 0 saturated carbocycles. The Morgan fingerprint density at radius 2 is 0.839 bits per heavy atom. The average molecular weight is 738 g/mol. The van der Waals surface area contributed by atoms with Crippen molar-refractivity contribution in [3.8, 4) is 33.4 Å². The smallest absolute Gasteiger partial charge is 0.0498 e. The van der Waals surface area contributed by atoms with Gasteiger partial charge in [-0.05, 0) is 125 Å². The molecule has 0 saturated heterocycles. The first-order valence-corrected chi connectivity index (χ1v) is 20.6. The SMILES string of the molecule is CC(C)(C)c1cc(-c2ccc(N(c3ccc4c(c3)C(C)(C)c3ccccc3-4)c3ccccc3C(C)(C)C)cc2)cc(-c2cc(C(C)(C)C)cc(C(C)(C)C)c2)c1. The molecule has 0 atom stereocenters. The van der Waals surface area contributed by atoms with E-state index in [9.17, 15) is 0 Å². The molecule has 0 spiro atoms. The van der Waals surface area contributed by atoms with Gasteiger partial charge in [-0.1, -0.05) is 188 Å². The van der Waals surface area contributed by atoms with Crippen LogP contribution in [0.1, 0.15) is 130 Å². The number of rotatable bonds is 5. The first kappa shape index (κ1) is 39.4. The number of hydrogen-bond donors (Lipinski definition) is 0. The van der Waals surface area contributed by atoms with Crippen LogP contribution in [0.2, 0.25) is 0 Å². The standard InChI is InChI=1S/C55H63N/c1-51(2,3)40-30-37(29-38(31-40)39-32-41(52(4,5)6)34-42(33-39)53(7,8)9)36-23-25-43(26-24-36)56(50-22-18-17-21-48(50)54(10,11)12)44-27-28-46-45-19-15-16-20-47(45)55(13,14)49(46)35-44/h15-35H,1-14H3. The Balaban J connectivity index is 1.38. The highest BCUT2D eigenvalue weighted by atomic mass is 15.1. The average Bonchev–Trinajstić information content (AvgIpc) is 3.36. The first-order valence-electron chi connectivity index (χ1n) is 20.6. The van der Waals surface area contributed by atoms with E-state index in [0.29, 0.717) is 0 Å². The molecule has 1 aliphatic carbocycles. The highest BCUT2D eigenvalue weighted by molar-refractivity contribution is 5.87. The van der Waals surface area contributed by atoms with Crippen LogP contribution < -0.4 is 4.90 Å². The molecule has 0 N–H and O–H groups in total. The largest absolute Gasteiger partial charge is 0.310 e. The van der Waals surface area contributed by atoms with Gasteiger partial charge in [0.05, 0.1) is 0 Å². The summed E-state index contributed by atoms with van der Waals surface area (Å²) < 4.78 is 0. The Bertz CT molecular complexity index is 2380. The zero-order chi connectivity index (χ0) is 40.6. The van der Waals surface area contributed by atoms with Crippen molar-refractivity contribution in [2.75, 3.05) is 4.90 Å². The maximum Gasteiger partial charge on any atom is 0.0498 e.